The van der Waals surface area contributed by atoms with Crippen LogP contribution in [0.15, 0.2) is 54.6 Å². The standard InChI is InChI=1S/C20H24ClN3OS/c21-18-8-6-17(7-9-18)16-23-12-10-22(11-13-23)14-15-24(20(25)26)19-4-2-1-3-5-19/h1-9H,10-16H2,(H,25,26). The molecule has 1 fully saturated rings. The lowest BCUT2D eigenvalue weighted by Crippen LogP contribution is -2.48. The average Bonchev–Trinajstić information content (AvgIpc) is 2.66. The second-order valence-corrected chi connectivity index (χ2v) is 7.33. The maximum atomic E-state index is 11.9. The van der Waals surface area contributed by atoms with E-state index in [0.29, 0.717) is 6.54 Å². The molecule has 26 heavy (non-hydrogen) atoms. The number of hydrogen-bond acceptors (Lipinski definition) is 3. The van der Waals surface area contributed by atoms with Crippen molar-refractivity contribution in [1.29, 1.82) is 0 Å². The van der Waals surface area contributed by atoms with E-state index in [1.54, 1.807) is 4.90 Å². The van der Waals surface area contributed by atoms with Crippen molar-refractivity contribution < 1.29 is 4.79 Å². The van der Waals surface area contributed by atoms with E-state index in [4.69, 9.17) is 11.6 Å². The predicted molar refractivity (Wildman–Crippen MR) is 111 cm³/mol. The number of carbonyl (C=O) groups excluding carboxylic acids is 1. The van der Waals surface area contributed by atoms with E-state index >= 15 is 0 Å². The van der Waals surface area contributed by atoms with Crippen LogP contribution in [-0.2, 0) is 6.54 Å². The van der Waals surface area contributed by atoms with E-state index in [1.807, 2.05) is 42.5 Å². The van der Waals surface area contributed by atoms with Crippen molar-refractivity contribution in [3.05, 3.63) is 65.2 Å². The average molecular weight is 390 g/mol. The summed E-state index contributed by atoms with van der Waals surface area (Å²) in [6.45, 7) is 6.55. The quantitative estimate of drug-likeness (QED) is 0.756. The molecular formula is C20H24ClN3OS. The van der Waals surface area contributed by atoms with E-state index in [1.165, 1.54) is 5.56 Å². The highest BCUT2D eigenvalue weighted by molar-refractivity contribution is 7.96. The van der Waals surface area contributed by atoms with Gasteiger partial charge in [-0.25, -0.2) is 0 Å². The van der Waals surface area contributed by atoms with Crippen LogP contribution in [0.3, 0.4) is 0 Å². The van der Waals surface area contributed by atoms with Crippen LogP contribution >= 0.6 is 24.2 Å². The van der Waals surface area contributed by atoms with E-state index in [-0.39, 0.29) is 5.24 Å². The number of piperazine rings is 1. The molecule has 138 valence electrons. The monoisotopic (exact) mass is 389 g/mol. The molecule has 1 amide bonds. The molecule has 0 saturated carbocycles. The van der Waals surface area contributed by atoms with Gasteiger partial charge in [-0.3, -0.25) is 14.6 Å². The molecule has 0 radical (unpaired) electrons. The van der Waals surface area contributed by atoms with Gasteiger partial charge in [0.1, 0.15) is 0 Å². The largest absolute Gasteiger partial charge is 0.302 e. The lowest BCUT2D eigenvalue weighted by molar-refractivity contribution is 0.129. The van der Waals surface area contributed by atoms with Gasteiger partial charge in [-0.2, -0.15) is 0 Å². The SMILES string of the molecule is O=C(S)N(CCN1CCN(Cc2ccc(Cl)cc2)CC1)c1ccccc1. The van der Waals surface area contributed by atoms with Crippen LogP contribution in [0.25, 0.3) is 0 Å². The first kappa shape index (κ1) is 19.2. The third-order valence-electron chi connectivity index (χ3n) is 4.72. The van der Waals surface area contributed by atoms with Crippen molar-refractivity contribution in [1.82, 2.24) is 9.80 Å². The van der Waals surface area contributed by atoms with Crippen molar-refractivity contribution in [3.63, 3.8) is 0 Å². The highest BCUT2D eigenvalue weighted by Crippen LogP contribution is 2.16. The van der Waals surface area contributed by atoms with E-state index in [0.717, 1.165) is 50.0 Å². The van der Waals surface area contributed by atoms with E-state index < -0.39 is 0 Å². The Kier molecular flexibility index (Phi) is 6.97. The molecule has 1 heterocycles. The van der Waals surface area contributed by atoms with E-state index in [2.05, 4.69) is 34.6 Å². The van der Waals surface area contributed by atoms with Gasteiger partial charge in [0.05, 0.1) is 0 Å². The normalized spacial score (nSPS) is 15.8. The van der Waals surface area contributed by atoms with E-state index in [9.17, 15) is 4.79 Å². The predicted octanol–water partition coefficient (Wildman–Crippen LogP) is 4.01. The fourth-order valence-corrected chi connectivity index (χ4v) is 3.55. The maximum absolute atomic E-state index is 11.9. The summed E-state index contributed by atoms with van der Waals surface area (Å²) in [5.74, 6) is 0. The summed E-state index contributed by atoms with van der Waals surface area (Å²) < 4.78 is 0. The van der Waals surface area contributed by atoms with Gasteiger partial charge in [0.2, 0.25) is 0 Å². The number of para-hydroxylation sites is 1. The number of halogens is 1. The van der Waals surface area contributed by atoms with Crippen LogP contribution in [0.4, 0.5) is 10.5 Å². The molecule has 2 aromatic rings. The molecule has 2 aromatic carbocycles. The first-order valence-corrected chi connectivity index (χ1v) is 9.69. The number of rotatable bonds is 6. The highest BCUT2D eigenvalue weighted by Gasteiger charge is 2.19. The van der Waals surface area contributed by atoms with Crippen LogP contribution in [0.2, 0.25) is 5.02 Å². The molecule has 3 rings (SSSR count). The first-order valence-electron chi connectivity index (χ1n) is 8.86. The molecule has 1 aliphatic rings. The number of nitrogens with zero attached hydrogens (tertiary/aromatic N) is 3. The summed E-state index contributed by atoms with van der Waals surface area (Å²) in [4.78, 5) is 18.4. The molecule has 6 heteroatoms. The summed E-state index contributed by atoms with van der Waals surface area (Å²) in [5.41, 5.74) is 2.19. The minimum atomic E-state index is -0.211. The number of anilines is 1. The Morgan fingerprint density at radius 3 is 2.19 bits per heavy atom. The maximum Gasteiger partial charge on any atom is 0.283 e. The van der Waals surface area contributed by atoms with Crippen molar-refractivity contribution in [2.45, 2.75) is 6.54 Å². The molecule has 0 spiro atoms. The fraction of sp³-hybridized carbons (Fsp3) is 0.350. The molecule has 1 aliphatic heterocycles. The van der Waals surface area contributed by atoms with Gasteiger partial charge in [0, 0.05) is 56.5 Å². The molecular weight excluding hydrogens is 366 g/mol. The Morgan fingerprint density at radius 1 is 0.962 bits per heavy atom. The van der Waals surface area contributed by atoms with Crippen molar-refractivity contribution >= 4 is 35.2 Å². The molecule has 4 nitrogen and oxygen atoms in total. The van der Waals surface area contributed by atoms with Gasteiger partial charge in [-0.1, -0.05) is 54.6 Å². The fourth-order valence-electron chi connectivity index (χ4n) is 3.20. The van der Waals surface area contributed by atoms with Crippen LogP contribution < -0.4 is 4.90 Å². The lowest BCUT2D eigenvalue weighted by Gasteiger charge is -2.35. The Bertz CT molecular complexity index is 703. The third kappa shape index (κ3) is 5.48. The Balaban J connectivity index is 1.46. The molecule has 0 aromatic heterocycles. The summed E-state index contributed by atoms with van der Waals surface area (Å²) in [6, 6.07) is 17.8. The zero-order valence-electron chi connectivity index (χ0n) is 14.7. The van der Waals surface area contributed by atoms with Gasteiger partial charge >= 0.3 is 0 Å². The Morgan fingerprint density at radius 2 is 1.58 bits per heavy atom. The van der Waals surface area contributed by atoms with Crippen LogP contribution in [0.1, 0.15) is 5.56 Å². The second kappa shape index (κ2) is 9.42. The van der Waals surface area contributed by atoms with Gasteiger partial charge in [-0.15, -0.1) is 0 Å². The number of carbonyl (C=O) groups is 1. The molecule has 1 saturated heterocycles. The number of hydrogen-bond donors (Lipinski definition) is 1. The highest BCUT2D eigenvalue weighted by atomic mass is 35.5. The van der Waals surface area contributed by atoms with Crippen LogP contribution in [0, 0.1) is 0 Å². The summed E-state index contributed by atoms with van der Waals surface area (Å²) in [6.07, 6.45) is 0. The molecule has 0 bridgehead atoms. The van der Waals surface area contributed by atoms with Crippen molar-refractivity contribution in [3.8, 4) is 0 Å². The molecule has 0 unspecified atom stereocenters. The summed E-state index contributed by atoms with van der Waals surface area (Å²) in [7, 11) is 0. The van der Waals surface area contributed by atoms with Crippen molar-refractivity contribution in [2.24, 2.45) is 0 Å². The third-order valence-corrected chi connectivity index (χ3v) is 5.22. The minimum absolute atomic E-state index is 0.211. The zero-order chi connectivity index (χ0) is 18.4. The molecule has 0 N–H and O–H groups in total. The number of benzene rings is 2. The summed E-state index contributed by atoms with van der Waals surface area (Å²) in [5, 5.41) is 0.567. The number of thiol groups is 1. The second-order valence-electron chi connectivity index (χ2n) is 6.51. The zero-order valence-corrected chi connectivity index (χ0v) is 16.4. The minimum Gasteiger partial charge on any atom is -0.302 e. The lowest BCUT2D eigenvalue weighted by atomic mass is 10.2. The first-order chi connectivity index (χ1) is 12.6. The topological polar surface area (TPSA) is 26.8 Å². The van der Waals surface area contributed by atoms with Gasteiger partial charge in [0.25, 0.3) is 5.24 Å². The smallest absolute Gasteiger partial charge is 0.283 e. The van der Waals surface area contributed by atoms with Gasteiger partial charge < -0.3 is 4.90 Å². The van der Waals surface area contributed by atoms with Gasteiger partial charge in [-0.05, 0) is 29.8 Å². The Labute approximate surface area is 165 Å². The van der Waals surface area contributed by atoms with Crippen LogP contribution in [-0.4, -0.2) is 54.3 Å². The van der Waals surface area contributed by atoms with Gasteiger partial charge in [0.15, 0.2) is 0 Å². The van der Waals surface area contributed by atoms with Crippen molar-refractivity contribution in [2.75, 3.05) is 44.2 Å². The Hall–Kier alpha value is -1.53. The number of amides is 1. The van der Waals surface area contributed by atoms with Crippen LogP contribution in [0.5, 0.6) is 0 Å². The molecule has 0 atom stereocenters. The summed E-state index contributed by atoms with van der Waals surface area (Å²) >= 11 is 9.98. The molecule has 0 aliphatic carbocycles.